The third-order valence-corrected chi connectivity index (χ3v) is 4.08. The first-order chi connectivity index (χ1) is 7.79. The third-order valence-electron chi connectivity index (χ3n) is 4.08. The van der Waals surface area contributed by atoms with Crippen molar-refractivity contribution < 1.29 is 14.6 Å². The Hall–Kier alpha value is -0.570. The van der Waals surface area contributed by atoms with Gasteiger partial charge in [-0.05, 0) is 43.9 Å². The highest BCUT2D eigenvalue weighted by Crippen LogP contribution is 2.45. The molecule has 0 aliphatic heterocycles. The van der Waals surface area contributed by atoms with Gasteiger partial charge >= 0.3 is 5.97 Å². The van der Waals surface area contributed by atoms with Crippen molar-refractivity contribution in [2.45, 2.75) is 65.4 Å². The predicted molar refractivity (Wildman–Crippen MR) is 67.6 cm³/mol. The largest absolute Gasteiger partial charge is 0.466 e. The van der Waals surface area contributed by atoms with Crippen molar-refractivity contribution >= 4 is 5.97 Å². The molecule has 0 heterocycles. The first kappa shape index (κ1) is 14.5. The normalized spacial score (nSPS) is 32.2. The van der Waals surface area contributed by atoms with E-state index < -0.39 is 5.60 Å². The highest BCUT2D eigenvalue weighted by Gasteiger charge is 2.42. The van der Waals surface area contributed by atoms with Gasteiger partial charge < -0.3 is 9.84 Å². The van der Waals surface area contributed by atoms with Crippen molar-refractivity contribution in [3.8, 4) is 0 Å². The number of hydrogen-bond acceptors (Lipinski definition) is 3. The van der Waals surface area contributed by atoms with E-state index in [2.05, 4.69) is 20.8 Å². The summed E-state index contributed by atoms with van der Waals surface area (Å²) in [7, 11) is 0. The van der Waals surface area contributed by atoms with Gasteiger partial charge in [-0.3, -0.25) is 4.79 Å². The maximum absolute atomic E-state index is 11.3. The molecule has 1 saturated carbocycles. The topological polar surface area (TPSA) is 46.5 Å². The molecule has 0 saturated heterocycles. The maximum atomic E-state index is 11.3. The van der Waals surface area contributed by atoms with E-state index in [1.165, 1.54) is 0 Å². The Morgan fingerprint density at radius 2 is 2.06 bits per heavy atom. The Balaban J connectivity index is 2.49. The van der Waals surface area contributed by atoms with Crippen molar-refractivity contribution in [1.29, 1.82) is 0 Å². The molecule has 0 aromatic carbocycles. The van der Waals surface area contributed by atoms with E-state index in [0.717, 1.165) is 19.3 Å². The molecule has 2 atom stereocenters. The second-order valence-electron chi connectivity index (χ2n) is 6.18. The molecule has 1 N–H and O–H groups in total. The average Bonchev–Trinajstić information content (AvgIpc) is 2.22. The van der Waals surface area contributed by atoms with Crippen molar-refractivity contribution in [1.82, 2.24) is 0 Å². The van der Waals surface area contributed by atoms with E-state index in [1.54, 1.807) is 6.92 Å². The van der Waals surface area contributed by atoms with E-state index >= 15 is 0 Å². The lowest BCUT2D eigenvalue weighted by Crippen LogP contribution is -2.44. The van der Waals surface area contributed by atoms with Crippen LogP contribution >= 0.6 is 0 Å². The molecule has 3 nitrogen and oxygen atoms in total. The minimum Gasteiger partial charge on any atom is -0.466 e. The molecular formula is C14H26O3. The molecule has 0 bridgehead atoms. The van der Waals surface area contributed by atoms with E-state index in [-0.39, 0.29) is 11.9 Å². The molecule has 0 aromatic heterocycles. The number of hydrogen-bond donors (Lipinski definition) is 1. The van der Waals surface area contributed by atoms with Crippen LogP contribution in [0.2, 0.25) is 0 Å². The zero-order valence-electron chi connectivity index (χ0n) is 11.6. The maximum Gasteiger partial charge on any atom is 0.305 e. The lowest BCUT2D eigenvalue weighted by atomic mass is 9.64. The zero-order valence-corrected chi connectivity index (χ0v) is 11.6. The molecule has 3 heteroatoms. The minimum atomic E-state index is -0.678. The lowest BCUT2D eigenvalue weighted by Gasteiger charge is -2.45. The Kier molecular flexibility index (Phi) is 4.59. The fourth-order valence-electron chi connectivity index (χ4n) is 2.85. The van der Waals surface area contributed by atoms with Crippen molar-refractivity contribution in [2.75, 3.05) is 6.61 Å². The summed E-state index contributed by atoms with van der Waals surface area (Å²) in [5.74, 6) is 0.0543. The van der Waals surface area contributed by atoms with Crippen LogP contribution in [0.3, 0.4) is 0 Å². The predicted octanol–water partition coefficient (Wildman–Crippen LogP) is 2.91. The minimum absolute atomic E-state index is 0.196. The Morgan fingerprint density at radius 3 is 2.59 bits per heavy atom. The fourth-order valence-corrected chi connectivity index (χ4v) is 2.85. The van der Waals surface area contributed by atoms with Crippen LogP contribution in [-0.2, 0) is 9.53 Å². The van der Waals surface area contributed by atoms with E-state index in [4.69, 9.17) is 4.74 Å². The Morgan fingerprint density at radius 1 is 1.41 bits per heavy atom. The molecule has 100 valence electrons. The first-order valence-corrected chi connectivity index (χ1v) is 6.67. The number of rotatable bonds is 4. The SMILES string of the molecule is CCOC(=O)CCC1(O)CCC(C)(C)CC1C. The van der Waals surface area contributed by atoms with Gasteiger partial charge in [0.2, 0.25) is 0 Å². The molecule has 0 amide bonds. The van der Waals surface area contributed by atoms with Gasteiger partial charge in [0.05, 0.1) is 12.2 Å². The quantitative estimate of drug-likeness (QED) is 0.771. The van der Waals surface area contributed by atoms with E-state index in [1.807, 2.05) is 0 Å². The van der Waals surface area contributed by atoms with E-state index in [9.17, 15) is 9.90 Å². The molecule has 0 aromatic rings. The van der Waals surface area contributed by atoms with Gasteiger partial charge in [0.15, 0.2) is 0 Å². The highest BCUT2D eigenvalue weighted by atomic mass is 16.5. The molecule has 0 radical (unpaired) electrons. The first-order valence-electron chi connectivity index (χ1n) is 6.67. The Labute approximate surface area is 105 Å². The van der Waals surface area contributed by atoms with Crippen LogP contribution in [0.4, 0.5) is 0 Å². The summed E-state index contributed by atoms with van der Waals surface area (Å²) in [4.78, 5) is 11.3. The second kappa shape index (κ2) is 5.38. The summed E-state index contributed by atoms with van der Waals surface area (Å²) >= 11 is 0. The molecular weight excluding hydrogens is 216 g/mol. The van der Waals surface area contributed by atoms with Gasteiger partial charge in [0.1, 0.15) is 0 Å². The van der Waals surface area contributed by atoms with Crippen molar-refractivity contribution in [2.24, 2.45) is 11.3 Å². The lowest BCUT2D eigenvalue weighted by molar-refractivity contribution is -0.146. The van der Waals surface area contributed by atoms with Gasteiger partial charge in [-0.25, -0.2) is 0 Å². The van der Waals surface area contributed by atoms with Crippen LogP contribution in [0.5, 0.6) is 0 Å². The molecule has 17 heavy (non-hydrogen) atoms. The smallest absolute Gasteiger partial charge is 0.305 e. The summed E-state index contributed by atoms with van der Waals surface area (Å²) in [5.41, 5.74) is -0.363. The van der Waals surface area contributed by atoms with Crippen molar-refractivity contribution in [3.05, 3.63) is 0 Å². The summed E-state index contributed by atoms with van der Waals surface area (Å²) in [6.45, 7) is 8.80. The van der Waals surface area contributed by atoms with Crippen LogP contribution < -0.4 is 0 Å². The number of ether oxygens (including phenoxy) is 1. The fraction of sp³-hybridized carbons (Fsp3) is 0.929. The monoisotopic (exact) mass is 242 g/mol. The van der Waals surface area contributed by atoms with Crippen LogP contribution in [0.1, 0.15) is 59.8 Å². The van der Waals surface area contributed by atoms with Crippen molar-refractivity contribution in [3.63, 3.8) is 0 Å². The number of aliphatic hydroxyl groups is 1. The third kappa shape index (κ3) is 3.98. The van der Waals surface area contributed by atoms with Gasteiger partial charge in [-0.15, -0.1) is 0 Å². The number of carbonyl (C=O) groups is 1. The van der Waals surface area contributed by atoms with E-state index in [0.29, 0.717) is 24.9 Å². The van der Waals surface area contributed by atoms with Gasteiger partial charge in [0.25, 0.3) is 0 Å². The van der Waals surface area contributed by atoms with Gasteiger partial charge in [0, 0.05) is 6.42 Å². The molecule has 2 unspecified atom stereocenters. The van der Waals surface area contributed by atoms with Gasteiger partial charge in [-0.1, -0.05) is 20.8 Å². The van der Waals surface area contributed by atoms with Crippen LogP contribution in [0.15, 0.2) is 0 Å². The van der Waals surface area contributed by atoms with Crippen LogP contribution in [-0.4, -0.2) is 23.3 Å². The second-order valence-corrected chi connectivity index (χ2v) is 6.18. The molecule has 1 aliphatic rings. The Bertz CT molecular complexity index is 273. The standard InChI is InChI=1S/C14H26O3/c1-5-17-12(15)6-7-14(16)9-8-13(3,4)10-11(14)2/h11,16H,5-10H2,1-4H3. The highest BCUT2D eigenvalue weighted by molar-refractivity contribution is 5.69. The summed E-state index contributed by atoms with van der Waals surface area (Å²) in [5, 5.41) is 10.6. The molecule has 0 spiro atoms. The summed E-state index contributed by atoms with van der Waals surface area (Å²) < 4.78 is 4.90. The zero-order chi connectivity index (χ0) is 13.1. The summed E-state index contributed by atoms with van der Waals surface area (Å²) in [6.07, 6.45) is 3.70. The molecule has 1 aliphatic carbocycles. The number of carbonyl (C=O) groups excluding carboxylic acids is 1. The average molecular weight is 242 g/mol. The summed E-state index contributed by atoms with van der Waals surface area (Å²) in [6, 6.07) is 0. The van der Waals surface area contributed by atoms with Crippen LogP contribution in [0.25, 0.3) is 0 Å². The molecule has 1 fully saturated rings. The molecule has 1 rings (SSSR count). The van der Waals surface area contributed by atoms with Crippen LogP contribution in [0, 0.1) is 11.3 Å². The van der Waals surface area contributed by atoms with Gasteiger partial charge in [-0.2, -0.15) is 0 Å². The number of esters is 1.